The van der Waals surface area contributed by atoms with Gasteiger partial charge in [-0.15, -0.1) is 0 Å². The molecule has 1 aromatic rings. The zero-order valence-electron chi connectivity index (χ0n) is 9.39. The topological polar surface area (TPSA) is 92.1 Å². The summed E-state index contributed by atoms with van der Waals surface area (Å²) in [4.78, 5) is 0.203. The highest BCUT2D eigenvalue weighted by Gasteiger charge is 2.20. The Morgan fingerprint density at radius 3 is 2.75 bits per heavy atom. The lowest BCUT2D eigenvalue weighted by molar-refractivity contribution is 0.453. The number of nitrogens with zero attached hydrogens (tertiary/aromatic N) is 2. The van der Waals surface area contributed by atoms with Gasteiger partial charge in [-0.1, -0.05) is 6.42 Å². The van der Waals surface area contributed by atoms with E-state index in [1.807, 2.05) is 0 Å². The monoisotopic (exact) mass is 246 g/mol. The van der Waals surface area contributed by atoms with Crippen LogP contribution in [0, 0.1) is 0 Å². The highest BCUT2D eigenvalue weighted by atomic mass is 32.2. The number of rotatable bonds is 7. The van der Waals surface area contributed by atoms with E-state index in [1.165, 1.54) is 16.7 Å². The average Bonchev–Trinajstić information content (AvgIpc) is 2.77. The van der Waals surface area contributed by atoms with Gasteiger partial charge in [-0.2, -0.15) is 5.10 Å². The molecule has 1 heterocycles. The molecule has 7 heteroatoms. The molecule has 0 unspecified atom stereocenters. The van der Waals surface area contributed by atoms with Gasteiger partial charge in [0, 0.05) is 19.8 Å². The Hall–Kier alpha value is -0.920. The molecule has 0 amide bonds. The third-order valence-electron chi connectivity index (χ3n) is 2.36. The van der Waals surface area contributed by atoms with Crippen LogP contribution >= 0.6 is 0 Å². The Kier molecular flexibility index (Phi) is 4.91. The molecular weight excluding hydrogens is 228 g/mol. The van der Waals surface area contributed by atoms with Gasteiger partial charge in [0.15, 0.2) is 0 Å². The molecule has 3 N–H and O–H groups in total. The number of unbranched alkanes of at least 4 members (excludes halogenated alkanes) is 2. The Bertz CT molecular complexity index is 388. The second kappa shape index (κ2) is 5.97. The van der Waals surface area contributed by atoms with E-state index in [1.54, 1.807) is 7.05 Å². The van der Waals surface area contributed by atoms with Crippen LogP contribution in [0.15, 0.2) is 17.3 Å². The van der Waals surface area contributed by atoms with Crippen molar-refractivity contribution in [3.05, 3.63) is 12.4 Å². The van der Waals surface area contributed by atoms with E-state index >= 15 is 0 Å². The normalized spacial score (nSPS) is 12.2. The molecule has 1 aromatic heterocycles. The van der Waals surface area contributed by atoms with Crippen molar-refractivity contribution in [2.24, 2.45) is 5.73 Å². The van der Waals surface area contributed by atoms with Crippen LogP contribution in [0.2, 0.25) is 0 Å². The minimum Gasteiger partial charge on any atom is -0.330 e. The Morgan fingerprint density at radius 2 is 2.19 bits per heavy atom. The number of aromatic nitrogens is 2. The van der Waals surface area contributed by atoms with Crippen molar-refractivity contribution < 1.29 is 8.42 Å². The van der Waals surface area contributed by atoms with Crippen molar-refractivity contribution in [3.63, 3.8) is 0 Å². The molecule has 0 radical (unpaired) electrons. The van der Waals surface area contributed by atoms with E-state index in [2.05, 4.69) is 10.2 Å². The Labute approximate surface area is 95.9 Å². The summed E-state index contributed by atoms with van der Waals surface area (Å²) in [6, 6.07) is 0. The van der Waals surface area contributed by atoms with E-state index in [-0.39, 0.29) is 4.90 Å². The van der Waals surface area contributed by atoms with Crippen LogP contribution in [0.25, 0.3) is 0 Å². The van der Waals surface area contributed by atoms with Crippen LogP contribution in [0.5, 0.6) is 0 Å². The maximum atomic E-state index is 11.9. The minimum atomic E-state index is -3.37. The first-order valence-corrected chi connectivity index (χ1v) is 6.68. The zero-order valence-corrected chi connectivity index (χ0v) is 10.2. The lowest BCUT2D eigenvalue weighted by Crippen LogP contribution is -2.27. The molecule has 0 bridgehead atoms. The Morgan fingerprint density at radius 1 is 1.44 bits per heavy atom. The molecule has 0 atom stereocenters. The third kappa shape index (κ3) is 3.29. The van der Waals surface area contributed by atoms with Crippen molar-refractivity contribution in [1.29, 1.82) is 0 Å². The quantitative estimate of drug-likeness (QED) is 0.670. The molecule has 0 aliphatic carbocycles. The van der Waals surface area contributed by atoms with Crippen molar-refractivity contribution in [2.75, 3.05) is 20.1 Å². The molecule has 16 heavy (non-hydrogen) atoms. The van der Waals surface area contributed by atoms with Crippen LogP contribution in [-0.4, -0.2) is 43.1 Å². The van der Waals surface area contributed by atoms with Gasteiger partial charge in [-0.25, -0.2) is 12.7 Å². The predicted molar refractivity (Wildman–Crippen MR) is 61.3 cm³/mol. The minimum absolute atomic E-state index is 0.203. The molecule has 6 nitrogen and oxygen atoms in total. The van der Waals surface area contributed by atoms with Gasteiger partial charge in [0.05, 0.1) is 6.20 Å². The van der Waals surface area contributed by atoms with Gasteiger partial charge in [-0.05, 0) is 19.4 Å². The fourth-order valence-corrected chi connectivity index (χ4v) is 2.45. The van der Waals surface area contributed by atoms with Gasteiger partial charge >= 0.3 is 0 Å². The second-order valence-corrected chi connectivity index (χ2v) is 5.65. The fourth-order valence-electron chi connectivity index (χ4n) is 1.34. The fraction of sp³-hybridized carbons (Fsp3) is 0.667. The largest absolute Gasteiger partial charge is 0.330 e. The number of aromatic amines is 1. The first-order chi connectivity index (χ1) is 7.59. The first kappa shape index (κ1) is 13.1. The van der Waals surface area contributed by atoms with Crippen molar-refractivity contribution in [3.8, 4) is 0 Å². The van der Waals surface area contributed by atoms with E-state index in [0.717, 1.165) is 19.3 Å². The van der Waals surface area contributed by atoms with Gasteiger partial charge in [0.25, 0.3) is 0 Å². The molecule has 0 aliphatic heterocycles. The zero-order chi connectivity index (χ0) is 12.0. The summed E-state index contributed by atoms with van der Waals surface area (Å²) in [7, 11) is -1.80. The SMILES string of the molecule is CN(CCCCCN)S(=O)(=O)c1cn[nH]c1. The number of hydrogen-bond donors (Lipinski definition) is 2. The maximum absolute atomic E-state index is 11.9. The summed E-state index contributed by atoms with van der Waals surface area (Å²) in [5, 5.41) is 6.13. The number of nitrogens with one attached hydrogen (secondary N) is 1. The number of sulfonamides is 1. The van der Waals surface area contributed by atoms with Crippen LogP contribution in [0.4, 0.5) is 0 Å². The van der Waals surface area contributed by atoms with Crippen LogP contribution < -0.4 is 5.73 Å². The van der Waals surface area contributed by atoms with Crippen molar-refractivity contribution in [2.45, 2.75) is 24.2 Å². The molecular formula is C9H18N4O2S. The number of H-pyrrole nitrogens is 1. The lowest BCUT2D eigenvalue weighted by Gasteiger charge is -2.15. The van der Waals surface area contributed by atoms with Gasteiger partial charge < -0.3 is 5.73 Å². The standard InChI is InChI=1S/C9H18N4O2S/c1-13(6-4-2-3-5-10)16(14,15)9-7-11-12-8-9/h7-8H,2-6,10H2,1H3,(H,11,12). The van der Waals surface area contributed by atoms with Crippen molar-refractivity contribution in [1.82, 2.24) is 14.5 Å². The Balaban J connectivity index is 2.50. The molecule has 0 aromatic carbocycles. The van der Waals surface area contributed by atoms with Gasteiger partial charge in [0.1, 0.15) is 4.90 Å². The second-order valence-electron chi connectivity index (χ2n) is 3.61. The summed E-state index contributed by atoms with van der Waals surface area (Å²) >= 11 is 0. The smallest absolute Gasteiger partial charge is 0.245 e. The van der Waals surface area contributed by atoms with Crippen LogP contribution in [-0.2, 0) is 10.0 Å². The molecule has 92 valence electrons. The van der Waals surface area contributed by atoms with E-state index in [0.29, 0.717) is 13.1 Å². The molecule has 0 saturated carbocycles. The summed E-state index contributed by atoms with van der Waals surface area (Å²) < 4.78 is 25.1. The predicted octanol–water partition coefficient (Wildman–Crippen LogP) is 0.159. The number of hydrogen-bond acceptors (Lipinski definition) is 4. The number of nitrogens with two attached hydrogens (primary N) is 1. The molecule has 0 aliphatic rings. The summed E-state index contributed by atoms with van der Waals surface area (Å²) in [5.41, 5.74) is 5.36. The molecule has 1 rings (SSSR count). The van der Waals surface area contributed by atoms with Crippen LogP contribution in [0.1, 0.15) is 19.3 Å². The highest BCUT2D eigenvalue weighted by molar-refractivity contribution is 7.89. The summed E-state index contributed by atoms with van der Waals surface area (Å²) in [6.07, 6.45) is 5.39. The highest BCUT2D eigenvalue weighted by Crippen LogP contribution is 2.12. The van der Waals surface area contributed by atoms with Crippen molar-refractivity contribution >= 4 is 10.0 Å². The third-order valence-corrected chi connectivity index (χ3v) is 4.18. The van der Waals surface area contributed by atoms with E-state index in [4.69, 9.17) is 5.73 Å². The molecule has 0 saturated heterocycles. The van der Waals surface area contributed by atoms with Gasteiger partial charge in [-0.3, -0.25) is 5.10 Å². The lowest BCUT2D eigenvalue weighted by atomic mass is 10.2. The van der Waals surface area contributed by atoms with E-state index < -0.39 is 10.0 Å². The average molecular weight is 246 g/mol. The first-order valence-electron chi connectivity index (χ1n) is 5.24. The molecule has 0 spiro atoms. The summed E-state index contributed by atoms with van der Waals surface area (Å²) in [6.45, 7) is 1.16. The summed E-state index contributed by atoms with van der Waals surface area (Å²) in [5.74, 6) is 0. The van der Waals surface area contributed by atoms with Gasteiger partial charge in [0.2, 0.25) is 10.0 Å². The molecule has 0 fully saturated rings. The van der Waals surface area contributed by atoms with Crippen LogP contribution in [0.3, 0.4) is 0 Å². The van der Waals surface area contributed by atoms with E-state index in [9.17, 15) is 8.42 Å². The maximum Gasteiger partial charge on any atom is 0.245 e.